The summed E-state index contributed by atoms with van der Waals surface area (Å²) in [5.41, 5.74) is 0. The molecule has 2 aliphatic rings. The molecule has 116 valence electrons. The van der Waals surface area contributed by atoms with Crippen LogP contribution in [-0.4, -0.2) is 67.3 Å². The van der Waals surface area contributed by atoms with Gasteiger partial charge >= 0.3 is 0 Å². The second kappa shape index (κ2) is 6.43. The molecular formula is C14H26N2O3S. The molecule has 0 aliphatic carbocycles. The van der Waals surface area contributed by atoms with Gasteiger partial charge in [-0.1, -0.05) is 0 Å². The average Bonchev–Trinajstić information content (AvgIpc) is 2.92. The monoisotopic (exact) mass is 302 g/mol. The summed E-state index contributed by atoms with van der Waals surface area (Å²) in [4.78, 5) is 16.4. The van der Waals surface area contributed by atoms with E-state index in [2.05, 4.69) is 4.90 Å². The maximum Gasteiger partial charge on any atom is 0.237 e. The van der Waals surface area contributed by atoms with Gasteiger partial charge in [0.15, 0.2) is 9.84 Å². The molecule has 0 radical (unpaired) electrons. The smallest absolute Gasteiger partial charge is 0.237 e. The van der Waals surface area contributed by atoms with Crippen LogP contribution in [0.4, 0.5) is 0 Å². The van der Waals surface area contributed by atoms with E-state index < -0.39 is 15.1 Å². The Balaban J connectivity index is 1.93. The van der Waals surface area contributed by atoms with Crippen molar-refractivity contribution in [1.82, 2.24) is 9.80 Å². The van der Waals surface area contributed by atoms with Crippen LogP contribution >= 0.6 is 0 Å². The van der Waals surface area contributed by atoms with Crippen molar-refractivity contribution in [2.75, 3.05) is 31.9 Å². The number of carbonyl (C=O) groups is 1. The molecule has 0 N–H and O–H groups in total. The minimum absolute atomic E-state index is 0.220. The highest BCUT2D eigenvalue weighted by molar-refractivity contribution is 7.92. The van der Waals surface area contributed by atoms with Gasteiger partial charge in [0.2, 0.25) is 5.91 Å². The van der Waals surface area contributed by atoms with Gasteiger partial charge in [-0.25, -0.2) is 8.42 Å². The largest absolute Gasteiger partial charge is 0.340 e. The van der Waals surface area contributed by atoms with Gasteiger partial charge in [-0.15, -0.1) is 0 Å². The fourth-order valence-corrected chi connectivity index (χ4v) is 3.88. The van der Waals surface area contributed by atoms with E-state index >= 15 is 0 Å². The molecule has 2 heterocycles. The van der Waals surface area contributed by atoms with Crippen molar-refractivity contribution in [1.29, 1.82) is 0 Å². The van der Waals surface area contributed by atoms with Gasteiger partial charge in [0, 0.05) is 19.1 Å². The molecule has 2 aliphatic heterocycles. The average molecular weight is 302 g/mol. The molecule has 5 nitrogen and oxygen atoms in total. The van der Waals surface area contributed by atoms with Crippen molar-refractivity contribution in [3.8, 4) is 0 Å². The van der Waals surface area contributed by atoms with E-state index in [1.165, 1.54) is 12.8 Å². The number of sulfone groups is 1. The van der Waals surface area contributed by atoms with Crippen molar-refractivity contribution in [3.05, 3.63) is 0 Å². The molecule has 1 amide bonds. The fourth-order valence-electron chi connectivity index (χ4n) is 3.02. The zero-order chi connectivity index (χ0) is 14.8. The molecular weight excluding hydrogens is 276 g/mol. The van der Waals surface area contributed by atoms with Gasteiger partial charge < -0.3 is 4.90 Å². The zero-order valence-corrected chi connectivity index (χ0v) is 13.4. The molecule has 1 unspecified atom stereocenters. The number of piperidine rings is 1. The van der Waals surface area contributed by atoms with E-state index in [4.69, 9.17) is 0 Å². The lowest BCUT2D eigenvalue weighted by Gasteiger charge is -2.37. The van der Waals surface area contributed by atoms with Gasteiger partial charge in [0.1, 0.15) is 5.75 Å². The van der Waals surface area contributed by atoms with Gasteiger partial charge in [0.05, 0.1) is 5.25 Å². The summed E-state index contributed by atoms with van der Waals surface area (Å²) in [5.74, 6) is -0.556. The van der Waals surface area contributed by atoms with Crippen molar-refractivity contribution in [2.24, 2.45) is 0 Å². The Morgan fingerprint density at radius 1 is 1.15 bits per heavy atom. The SMILES string of the molecule is CC(C)S(=O)(=O)CC(=O)N1CCCC(N2CCCC2)C1. The predicted molar refractivity (Wildman–Crippen MR) is 79.3 cm³/mol. The number of hydrogen-bond acceptors (Lipinski definition) is 4. The van der Waals surface area contributed by atoms with Gasteiger partial charge in [0.25, 0.3) is 0 Å². The summed E-state index contributed by atoms with van der Waals surface area (Å²) in [6, 6.07) is 0.428. The van der Waals surface area contributed by atoms with E-state index in [-0.39, 0.29) is 11.7 Å². The van der Waals surface area contributed by atoms with Gasteiger partial charge in [-0.05, 0) is 52.6 Å². The van der Waals surface area contributed by atoms with E-state index in [1.54, 1.807) is 18.7 Å². The summed E-state index contributed by atoms with van der Waals surface area (Å²) in [6.07, 6.45) is 4.59. The Morgan fingerprint density at radius 3 is 2.40 bits per heavy atom. The Kier molecular flexibility index (Phi) is 5.07. The molecule has 6 heteroatoms. The Labute approximate surface area is 122 Å². The maximum absolute atomic E-state index is 12.2. The third kappa shape index (κ3) is 3.73. The molecule has 2 rings (SSSR count). The van der Waals surface area contributed by atoms with E-state index in [0.29, 0.717) is 19.1 Å². The number of amides is 1. The quantitative estimate of drug-likeness (QED) is 0.774. The molecule has 0 saturated carbocycles. The topological polar surface area (TPSA) is 57.7 Å². The Hall–Kier alpha value is -0.620. The van der Waals surface area contributed by atoms with Crippen molar-refractivity contribution in [2.45, 2.75) is 50.8 Å². The molecule has 20 heavy (non-hydrogen) atoms. The van der Waals surface area contributed by atoms with Crippen LogP contribution in [0, 0.1) is 0 Å². The van der Waals surface area contributed by atoms with Crippen LogP contribution in [-0.2, 0) is 14.6 Å². The fraction of sp³-hybridized carbons (Fsp3) is 0.929. The van der Waals surface area contributed by atoms with Crippen LogP contribution in [0.1, 0.15) is 39.5 Å². The third-order valence-corrected chi connectivity index (χ3v) is 6.53. The molecule has 0 aromatic heterocycles. The number of rotatable bonds is 4. The first-order valence-electron chi connectivity index (χ1n) is 7.63. The van der Waals surface area contributed by atoms with Crippen molar-refractivity contribution in [3.63, 3.8) is 0 Å². The van der Waals surface area contributed by atoms with Crippen LogP contribution in [0.5, 0.6) is 0 Å². The molecule has 0 spiro atoms. The summed E-state index contributed by atoms with van der Waals surface area (Å²) in [5, 5.41) is -0.481. The van der Waals surface area contributed by atoms with Crippen LogP contribution < -0.4 is 0 Å². The molecule has 0 aromatic carbocycles. The lowest BCUT2D eigenvalue weighted by molar-refractivity contribution is -0.130. The highest BCUT2D eigenvalue weighted by Crippen LogP contribution is 2.20. The summed E-state index contributed by atoms with van der Waals surface area (Å²) in [6.45, 7) is 6.91. The molecule has 2 fully saturated rings. The minimum atomic E-state index is -3.29. The Morgan fingerprint density at radius 2 is 1.80 bits per heavy atom. The number of carbonyl (C=O) groups excluding carboxylic acids is 1. The first-order chi connectivity index (χ1) is 9.40. The second-order valence-corrected chi connectivity index (χ2v) is 8.79. The Bertz CT molecular complexity index is 441. The van der Waals surface area contributed by atoms with E-state index in [1.807, 2.05) is 0 Å². The minimum Gasteiger partial charge on any atom is -0.340 e. The van der Waals surface area contributed by atoms with Gasteiger partial charge in [-0.3, -0.25) is 9.69 Å². The molecule has 0 aromatic rings. The first kappa shape index (κ1) is 15.8. The maximum atomic E-state index is 12.2. The highest BCUT2D eigenvalue weighted by atomic mass is 32.2. The zero-order valence-electron chi connectivity index (χ0n) is 12.5. The second-order valence-electron chi connectivity index (χ2n) is 6.23. The lowest BCUT2D eigenvalue weighted by Crippen LogP contribution is -2.50. The van der Waals surface area contributed by atoms with Crippen molar-refractivity contribution >= 4 is 15.7 Å². The highest BCUT2D eigenvalue weighted by Gasteiger charge is 2.31. The lowest BCUT2D eigenvalue weighted by atomic mass is 10.0. The summed E-state index contributed by atoms with van der Waals surface area (Å²) < 4.78 is 23.7. The molecule has 1 atom stereocenters. The van der Waals surface area contributed by atoms with Crippen LogP contribution in [0.3, 0.4) is 0 Å². The first-order valence-corrected chi connectivity index (χ1v) is 9.35. The van der Waals surface area contributed by atoms with Crippen LogP contribution in [0.25, 0.3) is 0 Å². The van der Waals surface area contributed by atoms with E-state index in [0.717, 1.165) is 25.9 Å². The van der Waals surface area contributed by atoms with Crippen LogP contribution in [0.15, 0.2) is 0 Å². The number of nitrogens with zero attached hydrogens (tertiary/aromatic N) is 2. The molecule has 2 saturated heterocycles. The summed E-state index contributed by atoms with van der Waals surface area (Å²) in [7, 11) is -3.29. The molecule has 0 bridgehead atoms. The van der Waals surface area contributed by atoms with E-state index in [9.17, 15) is 13.2 Å². The van der Waals surface area contributed by atoms with Crippen molar-refractivity contribution < 1.29 is 13.2 Å². The number of likely N-dealkylation sites (tertiary alicyclic amines) is 2. The normalized spacial score (nSPS) is 25.4. The predicted octanol–water partition coefficient (Wildman–Crippen LogP) is 0.896. The van der Waals surface area contributed by atoms with Crippen LogP contribution in [0.2, 0.25) is 0 Å². The standard InChI is InChI=1S/C14H26N2O3S/c1-12(2)20(18,19)11-14(17)16-9-5-6-13(10-16)15-7-3-4-8-15/h12-13H,3-11H2,1-2H3. The summed E-state index contributed by atoms with van der Waals surface area (Å²) >= 11 is 0. The van der Waals surface area contributed by atoms with Gasteiger partial charge in [-0.2, -0.15) is 0 Å². The third-order valence-electron chi connectivity index (χ3n) is 4.45. The number of hydrogen-bond donors (Lipinski definition) is 0.